The number of pyridine rings is 1. The molecule has 1 atom stereocenters. The highest BCUT2D eigenvalue weighted by atomic mass is 19.1. The van der Waals surface area contributed by atoms with Crippen LogP contribution in [0.25, 0.3) is 0 Å². The molecule has 2 heterocycles. The Morgan fingerprint density at radius 2 is 2.08 bits per heavy atom. The second-order valence-corrected chi connectivity index (χ2v) is 6.16. The third-order valence-electron chi connectivity index (χ3n) is 4.61. The number of ether oxygens (including phenoxy) is 1. The zero-order valence-electron chi connectivity index (χ0n) is 14.8. The first kappa shape index (κ1) is 17.7. The summed E-state index contributed by atoms with van der Waals surface area (Å²) >= 11 is 0. The van der Waals surface area contributed by atoms with Gasteiger partial charge >= 0.3 is 0 Å². The van der Waals surface area contributed by atoms with Gasteiger partial charge in [0, 0.05) is 23.9 Å². The van der Waals surface area contributed by atoms with E-state index in [-0.39, 0.29) is 28.1 Å². The summed E-state index contributed by atoms with van der Waals surface area (Å²) in [6, 6.07) is 9.87. The number of allylic oxidation sites excluding steroid dienone is 1. The van der Waals surface area contributed by atoms with Crippen LogP contribution in [0.4, 0.5) is 4.39 Å². The first-order chi connectivity index (χ1) is 12.5. The Kier molecular flexibility index (Phi) is 4.81. The Morgan fingerprint density at radius 3 is 2.69 bits per heavy atom. The molecule has 0 aliphatic carbocycles. The number of rotatable bonds is 4. The van der Waals surface area contributed by atoms with Crippen molar-refractivity contribution >= 4 is 0 Å². The van der Waals surface area contributed by atoms with Crippen molar-refractivity contribution in [3.05, 3.63) is 74.8 Å². The summed E-state index contributed by atoms with van der Waals surface area (Å²) in [5.41, 5.74) is 7.02. The molecule has 134 valence electrons. The zero-order valence-corrected chi connectivity index (χ0v) is 14.8. The van der Waals surface area contributed by atoms with Crippen molar-refractivity contribution in [3.8, 4) is 11.8 Å². The van der Waals surface area contributed by atoms with Gasteiger partial charge in [0.25, 0.3) is 5.56 Å². The second kappa shape index (κ2) is 7.04. The van der Waals surface area contributed by atoms with E-state index in [0.717, 1.165) is 12.1 Å². The standard InChI is InChI=1S/C20H20FN3O2/c1-3-7-12-10-16-18(20(25)24(12)4-2)17(14(11-22)19(23)26-16)13-8-5-6-9-15(13)21/h5-6,8-10,17H,3-4,7,23H2,1-2H3. The third-order valence-corrected chi connectivity index (χ3v) is 4.61. The van der Waals surface area contributed by atoms with Gasteiger partial charge in [-0.25, -0.2) is 4.39 Å². The molecule has 26 heavy (non-hydrogen) atoms. The van der Waals surface area contributed by atoms with Crippen LogP contribution in [0.3, 0.4) is 0 Å². The van der Waals surface area contributed by atoms with Crippen molar-refractivity contribution < 1.29 is 9.13 Å². The SMILES string of the molecule is CCCc1cc2c(c(=O)n1CC)C(c1ccccc1F)C(C#N)=C(N)O2. The highest BCUT2D eigenvalue weighted by Crippen LogP contribution is 2.41. The summed E-state index contributed by atoms with van der Waals surface area (Å²) < 4.78 is 21.7. The molecule has 1 aromatic carbocycles. The zero-order chi connectivity index (χ0) is 18.8. The molecule has 6 heteroatoms. The Morgan fingerprint density at radius 1 is 1.35 bits per heavy atom. The van der Waals surface area contributed by atoms with E-state index in [1.54, 1.807) is 28.8 Å². The molecule has 0 fully saturated rings. The number of fused-ring (bicyclic) bond motifs is 1. The topological polar surface area (TPSA) is 81.0 Å². The molecule has 1 unspecified atom stereocenters. The van der Waals surface area contributed by atoms with Crippen LogP contribution >= 0.6 is 0 Å². The average molecular weight is 353 g/mol. The lowest BCUT2D eigenvalue weighted by atomic mass is 9.83. The van der Waals surface area contributed by atoms with Gasteiger partial charge in [-0.1, -0.05) is 31.5 Å². The Hall–Kier alpha value is -3.07. The van der Waals surface area contributed by atoms with Gasteiger partial charge in [-0.3, -0.25) is 4.79 Å². The van der Waals surface area contributed by atoms with Crippen LogP contribution in [0.15, 0.2) is 46.6 Å². The Balaban J connectivity index is 2.35. The van der Waals surface area contributed by atoms with Crippen LogP contribution in [0.1, 0.15) is 43.0 Å². The van der Waals surface area contributed by atoms with Crippen molar-refractivity contribution in [2.45, 2.75) is 39.2 Å². The van der Waals surface area contributed by atoms with Crippen LogP contribution in [0, 0.1) is 17.1 Å². The predicted octanol–water partition coefficient (Wildman–Crippen LogP) is 3.18. The molecular weight excluding hydrogens is 333 g/mol. The normalized spacial score (nSPS) is 16.0. The lowest BCUT2D eigenvalue weighted by Crippen LogP contribution is -2.33. The molecule has 0 bridgehead atoms. The fourth-order valence-electron chi connectivity index (χ4n) is 3.45. The quantitative estimate of drug-likeness (QED) is 0.915. The minimum atomic E-state index is -0.883. The molecular formula is C20H20FN3O2. The van der Waals surface area contributed by atoms with Gasteiger partial charge in [-0.05, 0) is 19.4 Å². The maximum Gasteiger partial charge on any atom is 0.258 e. The highest BCUT2D eigenvalue weighted by Gasteiger charge is 2.35. The number of hydrogen-bond acceptors (Lipinski definition) is 4. The van der Waals surface area contributed by atoms with Gasteiger partial charge in [-0.15, -0.1) is 0 Å². The molecule has 1 aromatic heterocycles. The van der Waals surface area contributed by atoms with E-state index < -0.39 is 11.7 Å². The minimum absolute atomic E-state index is 0.0468. The Bertz CT molecular complexity index is 986. The maximum atomic E-state index is 14.5. The van der Waals surface area contributed by atoms with Crippen molar-refractivity contribution in [2.24, 2.45) is 5.73 Å². The van der Waals surface area contributed by atoms with E-state index in [9.17, 15) is 14.4 Å². The average Bonchev–Trinajstić information content (AvgIpc) is 2.62. The van der Waals surface area contributed by atoms with Crippen LogP contribution in [0.5, 0.6) is 5.75 Å². The molecule has 0 amide bonds. The van der Waals surface area contributed by atoms with E-state index in [1.807, 2.05) is 19.9 Å². The molecule has 0 saturated heterocycles. The molecule has 1 aliphatic heterocycles. The van der Waals surface area contributed by atoms with Crippen molar-refractivity contribution in [3.63, 3.8) is 0 Å². The molecule has 3 rings (SSSR count). The molecule has 2 aromatic rings. The number of nitrogens with zero attached hydrogens (tertiary/aromatic N) is 2. The number of aryl methyl sites for hydroxylation is 1. The van der Waals surface area contributed by atoms with E-state index in [2.05, 4.69) is 0 Å². The first-order valence-electron chi connectivity index (χ1n) is 8.62. The summed E-state index contributed by atoms with van der Waals surface area (Å²) in [6.45, 7) is 4.38. The minimum Gasteiger partial charge on any atom is -0.440 e. The van der Waals surface area contributed by atoms with E-state index in [1.165, 1.54) is 6.07 Å². The number of nitrogens with two attached hydrogens (primary N) is 1. The van der Waals surface area contributed by atoms with Gasteiger partial charge < -0.3 is 15.0 Å². The summed E-state index contributed by atoms with van der Waals surface area (Å²) in [6.07, 6.45) is 1.57. The van der Waals surface area contributed by atoms with Gasteiger partial charge in [0.1, 0.15) is 23.2 Å². The van der Waals surface area contributed by atoms with E-state index in [0.29, 0.717) is 18.7 Å². The van der Waals surface area contributed by atoms with Crippen molar-refractivity contribution in [2.75, 3.05) is 0 Å². The lowest BCUT2D eigenvalue weighted by molar-refractivity contribution is 0.386. The maximum absolute atomic E-state index is 14.5. The Labute approximate surface area is 151 Å². The molecule has 0 spiro atoms. The van der Waals surface area contributed by atoms with Crippen LogP contribution in [-0.4, -0.2) is 4.57 Å². The molecule has 2 N–H and O–H groups in total. The summed E-state index contributed by atoms with van der Waals surface area (Å²) in [5, 5.41) is 9.57. The molecule has 0 radical (unpaired) electrons. The number of hydrogen-bond donors (Lipinski definition) is 1. The van der Waals surface area contributed by atoms with E-state index >= 15 is 0 Å². The number of aromatic nitrogens is 1. The number of benzene rings is 1. The van der Waals surface area contributed by atoms with Gasteiger partial charge in [0.2, 0.25) is 5.88 Å². The molecule has 5 nitrogen and oxygen atoms in total. The predicted molar refractivity (Wildman–Crippen MR) is 96.1 cm³/mol. The van der Waals surface area contributed by atoms with Gasteiger partial charge in [0.05, 0.1) is 11.5 Å². The number of halogens is 1. The lowest BCUT2D eigenvalue weighted by Gasteiger charge is -2.27. The van der Waals surface area contributed by atoms with Gasteiger partial charge in [0.15, 0.2) is 0 Å². The van der Waals surface area contributed by atoms with Crippen LogP contribution in [0.2, 0.25) is 0 Å². The smallest absolute Gasteiger partial charge is 0.258 e. The fourth-order valence-corrected chi connectivity index (χ4v) is 3.45. The summed E-state index contributed by atoms with van der Waals surface area (Å²) in [7, 11) is 0. The van der Waals surface area contributed by atoms with Crippen molar-refractivity contribution in [1.82, 2.24) is 4.57 Å². The highest BCUT2D eigenvalue weighted by molar-refractivity contribution is 5.55. The largest absolute Gasteiger partial charge is 0.440 e. The van der Waals surface area contributed by atoms with Crippen molar-refractivity contribution in [1.29, 1.82) is 5.26 Å². The first-order valence-corrected chi connectivity index (χ1v) is 8.62. The monoisotopic (exact) mass is 353 g/mol. The van der Waals surface area contributed by atoms with Crippen LogP contribution in [-0.2, 0) is 13.0 Å². The second-order valence-electron chi connectivity index (χ2n) is 6.16. The molecule has 1 aliphatic rings. The number of nitriles is 1. The summed E-state index contributed by atoms with van der Waals surface area (Å²) in [4.78, 5) is 13.2. The van der Waals surface area contributed by atoms with Gasteiger partial charge in [-0.2, -0.15) is 5.26 Å². The summed E-state index contributed by atoms with van der Waals surface area (Å²) in [5.74, 6) is -1.17. The molecule has 0 saturated carbocycles. The van der Waals surface area contributed by atoms with Crippen LogP contribution < -0.4 is 16.0 Å². The third kappa shape index (κ3) is 2.76. The fraction of sp³-hybridized carbons (Fsp3) is 0.300. The van der Waals surface area contributed by atoms with E-state index in [4.69, 9.17) is 10.5 Å².